The van der Waals surface area contributed by atoms with Crippen molar-refractivity contribution in [2.45, 2.75) is 19.4 Å². The van der Waals surface area contributed by atoms with Crippen molar-refractivity contribution >= 4 is 5.84 Å². The summed E-state index contributed by atoms with van der Waals surface area (Å²) in [6.45, 7) is 9.05. The molecular weight excluding hydrogens is 188 g/mol. The lowest BCUT2D eigenvalue weighted by Gasteiger charge is -2.33. The Morgan fingerprint density at radius 1 is 1.33 bits per heavy atom. The van der Waals surface area contributed by atoms with E-state index in [1.165, 1.54) is 25.3 Å². The number of hydrogen-bond acceptors (Lipinski definition) is 4. The molecule has 1 atom stereocenters. The second kappa shape index (κ2) is 4.94. The highest BCUT2D eigenvalue weighted by molar-refractivity contribution is 5.80. The van der Waals surface area contributed by atoms with Crippen molar-refractivity contribution in [2.75, 3.05) is 46.3 Å². The number of rotatable bonds is 2. The molecule has 2 aliphatic rings. The molecule has 2 rings (SSSR count). The number of hydrogen-bond donors (Lipinski definition) is 1. The normalized spacial score (nSPS) is 29.1. The summed E-state index contributed by atoms with van der Waals surface area (Å²) in [4.78, 5) is 9.51. The molecule has 0 radical (unpaired) electrons. The molecule has 4 heteroatoms. The molecular formula is C11H22N4. The van der Waals surface area contributed by atoms with Crippen LogP contribution >= 0.6 is 0 Å². The first kappa shape index (κ1) is 10.9. The second-order valence-electron chi connectivity index (χ2n) is 4.59. The smallest absolute Gasteiger partial charge is 0.0958 e. The largest absolute Gasteiger partial charge is 0.364 e. The molecule has 2 aliphatic heterocycles. The second-order valence-corrected chi connectivity index (χ2v) is 4.59. The summed E-state index contributed by atoms with van der Waals surface area (Å²) in [6, 6.07) is 0.527. The van der Waals surface area contributed by atoms with Crippen LogP contribution in [0.1, 0.15) is 13.3 Å². The van der Waals surface area contributed by atoms with Crippen LogP contribution < -0.4 is 5.32 Å². The SMILES string of the molecule is CC1=NC(CN2CCNCC2)CCN1C. The van der Waals surface area contributed by atoms with Crippen molar-refractivity contribution in [3.8, 4) is 0 Å². The van der Waals surface area contributed by atoms with Gasteiger partial charge in [0, 0.05) is 46.3 Å². The van der Waals surface area contributed by atoms with Gasteiger partial charge in [-0.25, -0.2) is 0 Å². The van der Waals surface area contributed by atoms with Crippen LogP contribution in [0.3, 0.4) is 0 Å². The Bertz CT molecular complexity index is 233. The third-order valence-corrected chi connectivity index (χ3v) is 3.40. The van der Waals surface area contributed by atoms with E-state index >= 15 is 0 Å². The molecule has 1 N–H and O–H groups in total. The molecule has 0 saturated carbocycles. The molecule has 0 aliphatic carbocycles. The van der Waals surface area contributed by atoms with E-state index in [2.05, 4.69) is 29.1 Å². The minimum Gasteiger partial charge on any atom is -0.364 e. The maximum Gasteiger partial charge on any atom is 0.0958 e. The number of piperazine rings is 1. The summed E-state index contributed by atoms with van der Waals surface area (Å²) in [5, 5.41) is 3.38. The zero-order chi connectivity index (χ0) is 10.7. The third kappa shape index (κ3) is 2.92. The van der Waals surface area contributed by atoms with Crippen molar-refractivity contribution in [1.29, 1.82) is 0 Å². The van der Waals surface area contributed by atoms with E-state index in [1.807, 2.05) is 0 Å². The van der Waals surface area contributed by atoms with Gasteiger partial charge in [0.1, 0.15) is 0 Å². The molecule has 0 aromatic heterocycles. The Morgan fingerprint density at radius 2 is 2.07 bits per heavy atom. The van der Waals surface area contributed by atoms with Crippen molar-refractivity contribution < 1.29 is 0 Å². The topological polar surface area (TPSA) is 30.9 Å². The van der Waals surface area contributed by atoms with Crippen LogP contribution in [0.2, 0.25) is 0 Å². The molecule has 86 valence electrons. The molecule has 15 heavy (non-hydrogen) atoms. The van der Waals surface area contributed by atoms with Crippen molar-refractivity contribution in [3.63, 3.8) is 0 Å². The highest BCUT2D eigenvalue weighted by Gasteiger charge is 2.19. The summed E-state index contributed by atoms with van der Waals surface area (Å²) in [6.07, 6.45) is 1.21. The Hall–Kier alpha value is -0.610. The zero-order valence-corrected chi connectivity index (χ0v) is 9.87. The molecule has 1 saturated heterocycles. The maximum atomic E-state index is 4.74. The van der Waals surface area contributed by atoms with Gasteiger partial charge in [-0.3, -0.25) is 9.89 Å². The molecule has 4 nitrogen and oxygen atoms in total. The van der Waals surface area contributed by atoms with Gasteiger partial charge < -0.3 is 10.2 Å². The lowest BCUT2D eigenvalue weighted by Crippen LogP contribution is -2.47. The van der Waals surface area contributed by atoms with Gasteiger partial charge in [-0.05, 0) is 13.3 Å². The van der Waals surface area contributed by atoms with Gasteiger partial charge in [0.15, 0.2) is 0 Å². The zero-order valence-electron chi connectivity index (χ0n) is 9.87. The molecule has 1 unspecified atom stereocenters. The first-order valence-electron chi connectivity index (χ1n) is 5.94. The monoisotopic (exact) mass is 210 g/mol. The minimum absolute atomic E-state index is 0.527. The van der Waals surface area contributed by atoms with Gasteiger partial charge in [0.2, 0.25) is 0 Å². The molecule has 1 fully saturated rings. The van der Waals surface area contributed by atoms with Crippen LogP contribution in [0.4, 0.5) is 0 Å². The third-order valence-electron chi connectivity index (χ3n) is 3.40. The highest BCUT2D eigenvalue weighted by Crippen LogP contribution is 2.10. The first-order chi connectivity index (χ1) is 7.25. The van der Waals surface area contributed by atoms with E-state index in [0.29, 0.717) is 6.04 Å². The van der Waals surface area contributed by atoms with E-state index in [4.69, 9.17) is 4.99 Å². The standard InChI is InChI=1S/C11H22N4/c1-10-13-11(3-6-14(10)2)9-15-7-4-12-5-8-15/h11-12H,3-9H2,1-2H3. The Morgan fingerprint density at radius 3 is 2.73 bits per heavy atom. The summed E-state index contributed by atoms with van der Waals surface area (Å²) in [7, 11) is 2.12. The average molecular weight is 210 g/mol. The lowest BCUT2D eigenvalue weighted by atomic mass is 10.1. The Kier molecular flexibility index (Phi) is 3.59. The van der Waals surface area contributed by atoms with Gasteiger partial charge >= 0.3 is 0 Å². The van der Waals surface area contributed by atoms with Crippen LogP contribution in [0.5, 0.6) is 0 Å². The molecule has 2 heterocycles. The first-order valence-corrected chi connectivity index (χ1v) is 5.94. The van der Waals surface area contributed by atoms with Crippen LogP contribution in [0, 0.1) is 0 Å². The van der Waals surface area contributed by atoms with Crippen molar-refractivity contribution in [2.24, 2.45) is 4.99 Å². The fourth-order valence-electron chi connectivity index (χ4n) is 2.26. The maximum absolute atomic E-state index is 4.74. The molecule has 0 amide bonds. The van der Waals surface area contributed by atoms with Gasteiger partial charge in [-0.2, -0.15) is 0 Å². The number of amidine groups is 1. The summed E-state index contributed by atoms with van der Waals surface area (Å²) in [5.41, 5.74) is 0. The summed E-state index contributed by atoms with van der Waals surface area (Å²) in [5.74, 6) is 1.20. The van der Waals surface area contributed by atoms with Crippen LogP contribution in [-0.2, 0) is 0 Å². The van der Waals surface area contributed by atoms with E-state index in [1.54, 1.807) is 0 Å². The van der Waals surface area contributed by atoms with Crippen LogP contribution in [0.25, 0.3) is 0 Å². The van der Waals surface area contributed by atoms with E-state index in [9.17, 15) is 0 Å². The minimum atomic E-state index is 0.527. The van der Waals surface area contributed by atoms with Crippen molar-refractivity contribution in [1.82, 2.24) is 15.1 Å². The predicted molar refractivity (Wildman–Crippen MR) is 63.5 cm³/mol. The van der Waals surface area contributed by atoms with Crippen LogP contribution in [-0.4, -0.2) is 68.0 Å². The van der Waals surface area contributed by atoms with Crippen molar-refractivity contribution in [3.05, 3.63) is 0 Å². The van der Waals surface area contributed by atoms with Gasteiger partial charge in [-0.1, -0.05) is 0 Å². The lowest BCUT2D eigenvalue weighted by molar-refractivity contribution is 0.217. The molecule has 0 bridgehead atoms. The highest BCUT2D eigenvalue weighted by atomic mass is 15.2. The van der Waals surface area contributed by atoms with Gasteiger partial charge in [0.25, 0.3) is 0 Å². The van der Waals surface area contributed by atoms with Gasteiger partial charge in [0.05, 0.1) is 11.9 Å². The van der Waals surface area contributed by atoms with E-state index in [-0.39, 0.29) is 0 Å². The quantitative estimate of drug-likeness (QED) is 0.697. The molecule has 0 aromatic carbocycles. The average Bonchev–Trinajstić information content (AvgIpc) is 2.25. The number of nitrogens with one attached hydrogen (secondary N) is 1. The number of nitrogens with zero attached hydrogens (tertiary/aromatic N) is 3. The molecule has 0 aromatic rings. The fourth-order valence-corrected chi connectivity index (χ4v) is 2.26. The molecule has 0 spiro atoms. The van der Waals surface area contributed by atoms with Gasteiger partial charge in [-0.15, -0.1) is 0 Å². The van der Waals surface area contributed by atoms with E-state index in [0.717, 1.165) is 26.2 Å². The Labute approximate surface area is 92.3 Å². The number of aliphatic imine (C=N–C) groups is 1. The Balaban J connectivity index is 1.84. The van der Waals surface area contributed by atoms with Crippen LogP contribution in [0.15, 0.2) is 4.99 Å². The fraction of sp³-hybridized carbons (Fsp3) is 0.909. The predicted octanol–water partition coefficient (Wildman–Crippen LogP) is 0.0141. The summed E-state index contributed by atoms with van der Waals surface area (Å²) >= 11 is 0. The van der Waals surface area contributed by atoms with E-state index < -0.39 is 0 Å². The summed E-state index contributed by atoms with van der Waals surface area (Å²) < 4.78 is 0.